The third-order valence-corrected chi connectivity index (χ3v) is 4.14. The Kier molecular flexibility index (Phi) is 3.98. The molecule has 1 aliphatic rings. The predicted molar refractivity (Wildman–Crippen MR) is 85.6 cm³/mol. The zero-order chi connectivity index (χ0) is 14.8. The average Bonchev–Trinajstić information content (AvgIpc) is 3.30. The van der Waals surface area contributed by atoms with Crippen LogP contribution in [0.2, 0.25) is 5.02 Å². The van der Waals surface area contributed by atoms with Crippen LogP contribution in [0.25, 0.3) is 0 Å². The lowest BCUT2D eigenvalue weighted by atomic mass is 10.0. The molecule has 0 aliphatic heterocycles. The van der Waals surface area contributed by atoms with Gasteiger partial charge in [-0.15, -0.1) is 0 Å². The summed E-state index contributed by atoms with van der Waals surface area (Å²) in [5.41, 5.74) is 2.94. The van der Waals surface area contributed by atoms with Gasteiger partial charge in [-0.25, -0.2) is 0 Å². The fourth-order valence-corrected chi connectivity index (χ4v) is 2.71. The summed E-state index contributed by atoms with van der Waals surface area (Å²) in [6.07, 6.45) is 2.34. The molecule has 21 heavy (non-hydrogen) atoms. The lowest BCUT2D eigenvalue weighted by Gasteiger charge is -2.19. The van der Waals surface area contributed by atoms with E-state index in [-0.39, 0.29) is 11.9 Å². The van der Waals surface area contributed by atoms with Gasteiger partial charge in [0.2, 0.25) is 0 Å². The first-order valence-electron chi connectivity index (χ1n) is 7.26. The number of benzene rings is 2. The van der Waals surface area contributed by atoms with Crippen molar-refractivity contribution in [2.24, 2.45) is 5.92 Å². The monoisotopic (exact) mass is 299 g/mol. The zero-order valence-corrected chi connectivity index (χ0v) is 12.7. The van der Waals surface area contributed by atoms with Gasteiger partial charge in [-0.1, -0.05) is 41.4 Å². The van der Waals surface area contributed by atoms with Crippen molar-refractivity contribution >= 4 is 17.5 Å². The third-order valence-electron chi connectivity index (χ3n) is 3.89. The molecule has 2 aromatic rings. The second-order valence-corrected chi connectivity index (χ2v) is 6.15. The highest BCUT2D eigenvalue weighted by Gasteiger charge is 2.33. The third kappa shape index (κ3) is 3.45. The Morgan fingerprint density at radius 3 is 2.52 bits per heavy atom. The van der Waals surface area contributed by atoms with E-state index in [4.69, 9.17) is 11.6 Å². The highest BCUT2D eigenvalue weighted by molar-refractivity contribution is 6.30. The van der Waals surface area contributed by atoms with Crippen LogP contribution in [0.5, 0.6) is 0 Å². The molecular weight excluding hydrogens is 282 g/mol. The minimum absolute atomic E-state index is 0.00875. The van der Waals surface area contributed by atoms with Crippen molar-refractivity contribution in [2.45, 2.75) is 25.8 Å². The SMILES string of the molecule is Cc1cccc(C(=O)N[C@H](c2ccc(Cl)cc2)C2CC2)c1. The molecule has 1 amide bonds. The standard InChI is InChI=1S/C18H18ClNO/c1-12-3-2-4-15(11-12)18(21)20-17(13-5-6-13)14-7-9-16(19)10-8-14/h2-4,7-11,13,17H,5-6H2,1H3,(H,20,21)/t17-/m0/s1. The van der Waals surface area contributed by atoms with Crippen molar-refractivity contribution in [3.05, 3.63) is 70.2 Å². The number of carbonyl (C=O) groups is 1. The molecule has 0 aromatic heterocycles. The summed E-state index contributed by atoms with van der Waals surface area (Å²) in [6.45, 7) is 1.99. The van der Waals surface area contributed by atoms with E-state index in [1.54, 1.807) is 0 Å². The fourth-order valence-electron chi connectivity index (χ4n) is 2.58. The molecule has 1 saturated carbocycles. The largest absolute Gasteiger partial charge is 0.345 e. The molecule has 3 rings (SSSR count). The van der Waals surface area contributed by atoms with Gasteiger partial charge in [-0.05, 0) is 55.5 Å². The van der Waals surface area contributed by atoms with Crippen molar-refractivity contribution in [3.63, 3.8) is 0 Å². The number of halogens is 1. The summed E-state index contributed by atoms with van der Waals surface area (Å²) in [5.74, 6) is 0.533. The van der Waals surface area contributed by atoms with Crippen LogP contribution in [-0.4, -0.2) is 5.91 Å². The predicted octanol–water partition coefficient (Wildman–Crippen LogP) is 4.53. The van der Waals surface area contributed by atoms with Crippen molar-refractivity contribution in [1.29, 1.82) is 0 Å². The van der Waals surface area contributed by atoms with E-state index in [1.165, 1.54) is 12.8 Å². The molecule has 1 aliphatic carbocycles. The van der Waals surface area contributed by atoms with Gasteiger partial charge in [0.1, 0.15) is 0 Å². The Hall–Kier alpha value is -1.80. The Morgan fingerprint density at radius 1 is 1.19 bits per heavy atom. The van der Waals surface area contributed by atoms with Crippen molar-refractivity contribution in [2.75, 3.05) is 0 Å². The molecule has 3 heteroatoms. The van der Waals surface area contributed by atoms with E-state index >= 15 is 0 Å². The Bertz CT molecular complexity index is 647. The number of carbonyl (C=O) groups excluding carboxylic acids is 1. The molecule has 0 saturated heterocycles. The Balaban J connectivity index is 1.79. The molecule has 0 bridgehead atoms. The van der Waals surface area contributed by atoms with Crippen molar-refractivity contribution in [3.8, 4) is 0 Å². The lowest BCUT2D eigenvalue weighted by molar-refractivity contribution is 0.0931. The minimum Gasteiger partial charge on any atom is -0.345 e. The molecule has 1 N–H and O–H groups in total. The van der Waals surface area contributed by atoms with Crippen LogP contribution in [0.1, 0.15) is 40.4 Å². The first kappa shape index (κ1) is 14.2. The van der Waals surface area contributed by atoms with Crippen LogP contribution in [-0.2, 0) is 0 Å². The number of nitrogens with one attached hydrogen (secondary N) is 1. The van der Waals surface area contributed by atoms with E-state index < -0.39 is 0 Å². The highest BCUT2D eigenvalue weighted by Crippen LogP contribution is 2.41. The van der Waals surface area contributed by atoms with Crippen LogP contribution >= 0.6 is 11.6 Å². The zero-order valence-electron chi connectivity index (χ0n) is 12.0. The first-order valence-corrected chi connectivity index (χ1v) is 7.64. The number of aryl methyl sites for hydroxylation is 1. The lowest BCUT2D eigenvalue weighted by Crippen LogP contribution is -2.29. The summed E-state index contributed by atoms with van der Waals surface area (Å²) in [5, 5.41) is 3.90. The van der Waals surface area contributed by atoms with Crippen LogP contribution in [0.3, 0.4) is 0 Å². The molecule has 1 atom stereocenters. The van der Waals surface area contributed by atoms with Gasteiger partial charge in [0, 0.05) is 10.6 Å². The number of rotatable bonds is 4. The summed E-state index contributed by atoms with van der Waals surface area (Å²) in [4.78, 5) is 12.4. The topological polar surface area (TPSA) is 29.1 Å². The van der Waals surface area contributed by atoms with Gasteiger partial charge >= 0.3 is 0 Å². The van der Waals surface area contributed by atoms with Gasteiger partial charge in [0.15, 0.2) is 0 Å². The second kappa shape index (κ2) is 5.90. The second-order valence-electron chi connectivity index (χ2n) is 5.71. The Labute approximate surface area is 130 Å². The maximum atomic E-state index is 12.4. The van der Waals surface area contributed by atoms with Gasteiger partial charge in [0.25, 0.3) is 5.91 Å². The summed E-state index contributed by atoms with van der Waals surface area (Å²) >= 11 is 5.94. The normalized spacial score (nSPS) is 15.5. The van der Waals surface area contributed by atoms with E-state index in [2.05, 4.69) is 5.32 Å². The molecule has 0 spiro atoms. The van der Waals surface area contributed by atoms with E-state index in [0.29, 0.717) is 5.92 Å². The average molecular weight is 300 g/mol. The quantitative estimate of drug-likeness (QED) is 0.883. The molecule has 0 unspecified atom stereocenters. The van der Waals surface area contributed by atoms with Crippen molar-refractivity contribution < 1.29 is 4.79 Å². The maximum absolute atomic E-state index is 12.4. The summed E-state index contributed by atoms with van der Waals surface area (Å²) in [7, 11) is 0. The Morgan fingerprint density at radius 2 is 1.90 bits per heavy atom. The first-order chi connectivity index (χ1) is 10.1. The van der Waals surface area contributed by atoms with Crippen LogP contribution in [0.4, 0.5) is 0 Å². The van der Waals surface area contributed by atoms with E-state index in [9.17, 15) is 4.79 Å². The smallest absolute Gasteiger partial charge is 0.251 e. The fraction of sp³-hybridized carbons (Fsp3) is 0.278. The molecule has 108 valence electrons. The molecule has 0 radical (unpaired) electrons. The van der Waals surface area contributed by atoms with Crippen LogP contribution < -0.4 is 5.32 Å². The molecule has 2 aromatic carbocycles. The molecule has 1 fully saturated rings. The number of hydrogen-bond acceptors (Lipinski definition) is 1. The molecule has 2 nitrogen and oxygen atoms in total. The maximum Gasteiger partial charge on any atom is 0.251 e. The van der Waals surface area contributed by atoms with Crippen molar-refractivity contribution in [1.82, 2.24) is 5.32 Å². The van der Waals surface area contributed by atoms with Crippen LogP contribution in [0.15, 0.2) is 48.5 Å². The van der Waals surface area contributed by atoms with E-state index in [0.717, 1.165) is 21.7 Å². The molecule has 0 heterocycles. The van der Waals surface area contributed by atoms with Gasteiger partial charge in [0.05, 0.1) is 6.04 Å². The highest BCUT2D eigenvalue weighted by atomic mass is 35.5. The van der Waals surface area contributed by atoms with E-state index in [1.807, 2.05) is 55.5 Å². The number of amides is 1. The van der Waals surface area contributed by atoms with Crippen LogP contribution in [0, 0.1) is 12.8 Å². The van der Waals surface area contributed by atoms with Gasteiger partial charge < -0.3 is 5.32 Å². The number of hydrogen-bond donors (Lipinski definition) is 1. The van der Waals surface area contributed by atoms with Gasteiger partial charge in [-0.2, -0.15) is 0 Å². The summed E-state index contributed by atoms with van der Waals surface area (Å²) in [6, 6.07) is 15.5. The minimum atomic E-state index is -0.00875. The van der Waals surface area contributed by atoms with Gasteiger partial charge in [-0.3, -0.25) is 4.79 Å². The summed E-state index contributed by atoms with van der Waals surface area (Å²) < 4.78 is 0. The molecular formula is C18H18ClNO.